The molecule has 8 nitrogen and oxygen atoms in total. The molecule has 38 heavy (non-hydrogen) atoms. The lowest BCUT2D eigenvalue weighted by atomic mass is 10.0. The quantitative estimate of drug-likeness (QED) is 0.435. The summed E-state index contributed by atoms with van der Waals surface area (Å²) in [7, 11) is 0. The summed E-state index contributed by atoms with van der Waals surface area (Å²) >= 11 is 0. The first-order chi connectivity index (χ1) is 18.5. The molecule has 2 amide bonds. The molecule has 0 radical (unpaired) electrons. The normalized spacial score (nSPS) is 16.7. The van der Waals surface area contributed by atoms with Gasteiger partial charge in [-0.3, -0.25) is 19.3 Å². The summed E-state index contributed by atoms with van der Waals surface area (Å²) in [4.78, 5) is 43.7. The van der Waals surface area contributed by atoms with E-state index in [0.717, 1.165) is 44.5 Å². The first-order valence-electron chi connectivity index (χ1n) is 13.2. The molecule has 1 aliphatic heterocycles. The lowest BCUT2D eigenvalue weighted by molar-refractivity contribution is -0.123. The lowest BCUT2D eigenvalue weighted by Crippen LogP contribution is -2.46. The van der Waals surface area contributed by atoms with Crippen molar-refractivity contribution in [2.45, 2.75) is 44.7 Å². The van der Waals surface area contributed by atoms with Gasteiger partial charge in [-0.2, -0.15) is 0 Å². The monoisotopic (exact) mass is 515 g/mol. The van der Waals surface area contributed by atoms with Crippen LogP contribution in [0.2, 0.25) is 0 Å². The van der Waals surface area contributed by atoms with Gasteiger partial charge in [0.25, 0.3) is 5.91 Å². The van der Waals surface area contributed by atoms with Crippen molar-refractivity contribution in [3.63, 3.8) is 0 Å². The Morgan fingerprint density at radius 1 is 0.974 bits per heavy atom. The molecular weight excluding hydrogens is 482 g/mol. The SMILES string of the molecule is CC(=O)c1cccc(N(C(=O)c2ccco2)[C@H](C(=O)NC2CCCC2)c2ccc(N3CCOCC3)cc2)c1. The average Bonchev–Trinajstić information content (AvgIpc) is 3.67. The Bertz CT molecular complexity index is 1260. The predicted octanol–water partition coefficient (Wildman–Crippen LogP) is 4.77. The number of ketones is 1. The molecule has 2 aliphatic rings. The first-order valence-corrected chi connectivity index (χ1v) is 13.2. The molecule has 8 heteroatoms. The second-order valence-electron chi connectivity index (χ2n) is 9.84. The van der Waals surface area contributed by atoms with Gasteiger partial charge in [-0.25, -0.2) is 0 Å². The Morgan fingerprint density at radius 3 is 2.37 bits per heavy atom. The number of benzene rings is 2. The number of carbonyl (C=O) groups excluding carboxylic acids is 3. The molecule has 1 saturated carbocycles. The van der Waals surface area contributed by atoms with Gasteiger partial charge in [0.15, 0.2) is 11.5 Å². The third-order valence-electron chi connectivity index (χ3n) is 7.27. The fourth-order valence-corrected chi connectivity index (χ4v) is 5.23. The molecule has 1 N–H and O–H groups in total. The topological polar surface area (TPSA) is 92.1 Å². The van der Waals surface area contributed by atoms with Gasteiger partial charge in [0.1, 0.15) is 6.04 Å². The number of nitrogens with zero attached hydrogens (tertiary/aromatic N) is 2. The van der Waals surface area contributed by atoms with Gasteiger partial charge < -0.3 is 19.4 Å². The van der Waals surface area contributed by atoms with Crippen molar-refractivity contribution in [3.8, 4) is 0 Å². The molecule has 2 aromatic carbocycles. The fraction of sp³-hybridized carbons (Fsp3) is 0.367. The molecule has 5 rings (SSSR count). The number of nitrogens with one attached hydrogen (secondary N) is 1. The van der Waals surface area contributed by atoms with Crippen molar-refractivity contribution >= 4 is 29.0 Å². The second-order valence-corrected chi connectivity index (χ2v) is 9.84. The molecule has 1 saturated heterocycles. The summed E-state index contributed by atoms with van der Waals surface area (Å²) in [6, 6.07) is 16.9. The van der Waals surface area contributed by atoms with E-state index < -0.39 is 11.9 Å². The number of hydrogen-bond acceptors (Lipinski definition) is 6. The van der Waals surface area contributed by atoms with Crippen LogP contribution >= 0.6 is 0 Å². The number of morpholine rings is 1. The van der Waals surface area contributed by atoms with Gasteiger partial charge in [0.05, 0.1) is 19.5 Å². The van der Waals surface area contributed by atoms with Crippen LogP contribution < -0.4 is 15.1 Å². The van der Waals surface area contributed by atoms with Gasteiger partial charge in [0, 0.05) is 36.1 Å². The molecule has 198 valence electrons. The highest BCUT2D eigenvalue weighted by atomic mass is 16.5. The van der Waals surface area contributed by atoms with E-state index in [-0.39, 0.29) is 23.5 Å². The molecule has 0 bridgehead atoms. The highest BCUT2D eigenvalue weighted by Gasteiger charge is 2.36. The molecule has 3 aromatic rings. The summed E-state index contributed by atoms with van der Waals surface area (Å²) in [5.41, 5.74) is 2.61. The van der Waals surface area contributed by atoms with Crippen molar-refractivity contribution in [3.05, 3.63) is 83.8 Å². The molecule has 1 aliphatic carbocycles. The van der Waals surface area contributed by atoms with Gasteiger partial charge in [0.2, 0.25) is 5.91 Å². The number of Topliss-reactive ketones (excluding diaryl/α,β-unsaturated/α-hetero) is 1. The molecule has 0 unspecified atom stereocenters. The van der Waals surface area contributed by atoms with Crippen molar-refractivity contribution in [1.29, 1.82) is 0 Å². The van der Waals surface area contributed by atoms with E-state index >= 15 is 0 Å². The minimum absolute atomic E-state index is 0.0711. The van der Waals surface area contributed by atoms with Crippen LogP contribution in [0.3, 0.4) is 0 Å². The standard InChI is InChI=1S/C30H33N3O5/c1-21(34)23-6-4-9-26(20-23)33(30(36)27-10-5-17-38-27)28(29(35)31-24-7-2-3-8-24)22-11-13-25(14-12-22)32-15-18-37-19-16-32/h4-6,9-14,17,20,24,28H,2-3,7-8,15-16,18-19H2,1H3,(H,31,35)/t28-/m0/s1. The maximum Gasteiger partial charge on any atom is 0.294 e. The summed E-state index contributed by atoms with van der Waals surface area (Å²) in [6.07, 6.45) is 5.40. The Kier molecular flexibility index (Phi) is 7.89. The summed E-state index contributed by atoms with van der Waals surface area (Å²) in [5, 5.41) is 3.19. The third-order valence-corrected chi connectivity index (χ3v) is 7.27. The van der Waals surface area contributed by atoms with Crippen molar-refractivity contribution in [1.82, 2.24) is 5.32 Å². The van der Waals surface area contributed by atoms with E-state index in [9.17, 15) is 14.4 Å². The van der Waals surface area contributed by atoms with Crippen LogP contribution in [0.15, 0.2) is 71.3 Å². The third kappa shape index (κ3) is 5.65. The number of furan rings is 1. The van der Waals surface area contributed by atoms with Crippen molar-refractivity contribution in [2.75, 3.05) is 36.1 Å². The van der Waals surface area contributed by atoms with E-state index in [1.54, 1.807) is 36.4 Å². The minimum Gasteiger partial charge on any atom is -0.459 e. The summed E-state index contributed by atoms with van der Waals surface area (Å²) in [6.45, 7) is 4.42. The van der Waals surface area contributed by atoms with Crippen LogP contribution in [0.4, 0.5) is 11.4 Å². The second kappa shape index (κ2) is 11.6. The number of amides is 2. The maximum absolute atomic E-state index is 14.0. The Balaban J connectivity index is 1.57. The van der Waals surface area contributed by atoms with Gasteiger partial charge in [-0.1, -0.05) is 37.1 Å². The Hall–Kier alpha value is -3.91. The van der Waals surface area contributed by atoms with E-state index in [4.69, 9.17) is 9.15 Å². The van der Waals surface area contributed by atoms with Crippen LogP contribution in [0, 0.1) is 0 Å². The van der Waals surface area contributed by atoms with Crippen molar-refractivity contribution < 1.29 is 23.5 Å². The highest BCUT2D eigenvalue weighted by molar-refractivity contribution is 6.09. The van der Waals surface area contributed by atoms with Gasteiger partial charge in [-0.15, -0.1) is 0 Å². The van der Waals surface area contributed by atoms with Crippen LogP contribution in [-0.4, -0.2) is 49.9 Å². The van der Waals surface area contributed by atoms with E-state index in [1.807, 2.05) is 24.3 Å². The average molecular weight is 516 g/mol. The van der Waals surface area contributed by atoms with Gasteiger partial charge >= 0.3 is 0 Å². The first kappa shape index (κ1) is 25.7. The van der Waals surface area contributed by atoms with Crippen LogP contribution in [0.25, 0.3) is 0 Å². The number of ether oxygens (including phenoxy) is 1. The summed E-state index contributed by atoms with van der Waals surface area (Å²) < 4.78 is 10.9. The lowest BCUT2D eigenvalue weighted by Gasteiger charge is -2.33. The summed E-state index contributed by atoms with van der Waals surface area (Å²) in [5.74, 6) is -0.732. The largest absolute Gasteiger partial charge is 0.459 e. The molecular formula is C30H33N3O5. The zero-order valence-electron chi connectivity index (χ0n) is 21.6. The van der Waals surface area contributed by atoms with E-state index in [2.05, 4.69) is 10.2 Å². The molecule has 1 aromatic heterocycles. The molecule has 1 atom stereocenters. The number of rotatable bonds is 8. The minimum atomic E-state index is -0.964. The zero-order valence-corrected chi connectivity index (χ0v) is 21.6. The van der Waals surface area contributed by atoms with E-state index in [1.165, 1.54) is 18.1 Å². The number of hydrogen-bond donors (Lipinski definition) is 1. The van der Waals surface area contributed by atoms with E-state index in [0.29, 0.717) is 30.0 Å². The molecule has 0 spiro atoms. The Morgan fingerprint density at radius 2 is 1.71 bits per heavy atom. The highest BCUT2D eigenvalue weighted by Crippen LogP contribution is 2.32. The number of carbonyl (C=O) groups is 3. The van der Waals surface area contributed by atoms with Crippen molar-refractivity contribution in [2.24, 2.45) is 0 Å². The fourth-order valence-electron chi connectivity index (χ4n) is 5.23. The van der Waals surface area contributed by atoms with Crippen LogP contribution in [-0.2, 0) is 9.53 Å². The predicted molar refractivity (Wildman–Crippen MR) is 145 cm³/mol. The smallest absolute Gasteiger partial charge is 0.294 e. The Labute approximate surface area is 222 Å². The zero-order chi connectivity index (χ0) is 26.5. The van der Waals surface area contributed by atoms with Gasteiger partial charge in [-0.05, 0) is 61.7 Å². The number of anilines is 2. The van der Waals surface area contributed by atoms with Crippen LogP contribution in [0.1, 0.15) is 65.1 Å². The molecule has 2 heterocycles. The molecule has 2 fully saturated rings. The van der Waals surface area contributed by atoms with Crippen LogP contribution in [0.5, 0.6) is 0 Å². The maximum atomic E-state index is 14.0.